The fourth-order valence-electron chi connectivity index (χ4n) is 4.11. The molecule has 1 aliphatic carbocycles. The Balaban J connectivity index is 2.00. The predicted molar refractivity (Wildman–Crippen MR) is 108 cm³/mol. The SMILES string of the molecule is COCCCCCCCCCCCCCC1=C(C)C(=O)CCC1(C)C. The van der Waals surface area contributed by atoms with Gasteiger partial charge in [-0.25, -0.2) is 0 Å². The highest BCUT2D eigenvalue weighted by Crippen LogP contribution is 2.41. The Bertz CT molecular complexity index is 406. The molecule has 0 unspecified atom stereocenters. The van der Waals surface area contributed by atoms with E-state index in [1.54, 1.807) is 7.11 Å². The summed E-state index contributed by atoms with van der Waals surface area (Å²) in [7, 11) is 1.79. The average molecular weight is 351 g/mol. The molecule has 0 aromatic carbocycles. The second-order valence-corrected chi connectivity index (χ2v) is 8.54. The lowest BCUT2D eigenvalue weighted by Crippen LogP contribution is -2.25. The van der Waals surface area contributed by atoms with E-state index in [2.05, 4.69) is 13.8 Å². The van der Waals surface area contributed by atoms with Gasteiger partial charge in [-0.2, -0.15) is 0 Å². The molecule has 1 aliphatic rings. The third-order valence-corrected chi connectivity index (χ3v) is 5.94. The number of hydrogen-bond acceptors (Lipinski definition) is 2. The minimum atomic E-state index is 0.237. The Morgan fingerprint density at radius 1 is 0.840 bits per heavy atom. The van der Waals surface area contributed by atoms with Gasteiger partial charge in [0.2, 0.25) is 0 Å². The van der Waals surface area contributed by atoms with Crippen LogP contribution in [0.15, 0.2) is 11.1 Å². The maximum Gasteiger partial charge on any atom is 0.158 e. The van der Waals surface area contributed by atoms with Gasteiger partial charge in [0.1, 0.15) is 0 Å². The summed E-state index contributed by atoms with van der Waals surface area (Å²) < 4.78 is 5.08. The van der Waals surface area contributed by atoms with Gasteiger partial charge in [-0.15, -0.1) is 0 Å². The topological polar surface area (TPSA) is 26.3 Å². The predicted octanol–water partition coefficient (Wildman–Crippen LogP) is 7.02. The van der Waals surface area contributed by atoms with Crippen LogP contribution in [-0.2, 0) is 9.53 Å². The monoisotopic (exact) mass is 350 g/mol. The molecule has 0 atom stereocenters. The number of ether oxygens (including phenoxy) is 1. The van der Waals surface area contributed by atoms with Crippen LogP contribution < -0.4 is 0 Å². The van der Waals surface area contributed by atoms with Crippen molar-refractivity contribution < 1.29 is 9.53 Å². The van der Waals surface area contributed by atoms with Crippen LogP contribution in [0.3, 0.4) is 0 Å². The number of carbonyl (C=O) groups is 1. The first-order chi connectivity index (χ1) is 12.0. The van der Waals surface area contributed by atoms with Crippen molar-refractivity contribution in [3.63, 3.8) is 0 Å². The summed E-state index contributed by atoms with van der Waals surface area (Å²) in [5.41, 5.74) is 2.75. The van der Waals surface area contributed by atoms with Gasteiger partial charge in [-0.1, -0.05) is 77.2 Å². The first-order valence-corrected chi connectivity index (χ1v) is 10.7. The standard InChI is InChI=1S/C23H42O2/c1-20-21(23(2,3)18-17-22(20)24)16-14-12-10-8-6-5-7-9-11-13-15-19-25-4/h5-19H2,1-4H3. The van der Waals surface area contributed by atoms with Crippen LogP contribution in [0.5, 0.6) is 0 Å². The van der Waals surface area contributed by atoms with Crippen LogP contribution in [0.2, 0.25) is 0 Å². The summed E-state index contributed by atoms with van der Waals surface area (Å²) in [5.74, 6) is 0.386. The normalized spacial score (nSPS) is 17.4. The van der Waals surface area contributed by atoms with Gasteiger partial charge in [-0.3, -0.25) is 4.79 Å². The second kappa shape index (κ2) is 12.7. The fraction of sp³-hybridized carbons (Fsp3) is 0.870. The zero-order valence-corrected chi connectivity index (χ0v) is 17.4. The van der Waals surface area contributed by atoms with Gasteiger partial charge in [0.15, 0.2) is 5.78 Å². The van der Waals surface area contributed by atoms with E-state index in [1.165, 1.54) is 76.2 Å². The van der Waals surface area contributed by atoms with Crippen LogP contribution in [0.4, 0.5) is 0 Å². The molecule has 0 amide bonds. The lowest BCUT2D eigenvalue weighted by molar-refractivity contribution is -0.116. The van der Waals surface area contributed by atoms with Gasteiger partial charge in [0.05, 0.1) is 0 Å². The number of unbranched alkanes of at least 4 members (excludes halogenated alkanes) is 10. The molecule has 0 radical (unpaired) electrons. The van der Waals surface area contributed by atoms with E-state index in [-0.39, 0.29) is 5.41 Å². The van der Waals surface area contributed by atoms with Crippen molar-refractivity contribution in [1.29, 1.82) is 0 Å². The third-order valence-electron chi connectivity index (χ3n) is 5.94. The van der Waals surface area contributed by atoms with Gasteiger partial charge in [-0.05, 0) is 43.6 Å². The molecular formula is C23H42O2. The third kappa shape index (κ3) is 9.03. The molecule has 0 heterocycles. The highest BCUT2D eigenvalue weighted by atomic mass is 16.5. The van der Waals surface area contributed by atoms with Crippen molar-refractivity contribution in [3.05, 3.63) is 11.1 Å². The van der Waals surface area contributed by atoms with E-state index in [0.717, 1.165) is 31.4 Å². The van der Waals surface area contributed by atoms with E-state index >= 15 is 0 Å². The molecule has 0 N–H and O–H groups in total. The Hall–Kier alpha value is -0.630. The number of methoxy groups -OCH3 is 1. The lowest BCUT2D eigenvalue weighted by Gasteiger charge is -2.34. The van der Waals surface area contributed by atoms with E-state index in [4.69, 9.17) is 4.74 Å². The largest absolute Gasteiger partial charge is 0.385 e. The highest BCUT2D eigenvalue weighted by molar-refractivity contribution is 5.96. The van der Waals surface area contributed by atoms with Gasteiger partial charge < -0.3 is 4.74 Å². The summed E-state index contributed by atoms with van der Waals surface area (Å²) >= 11 is 0. The Kier molecular flexibility index (Phi) is 11.4. The first-order valence-electron chi connectivity index (χ1n) is 10.7. The Morgan fingerprint density at radius 2 is 1.32 bits per heavy atom. The summed E-state index contributed by atoms with van der Waals surface area (Å²) in [4.78, 5) is 12.0. The number of rotatable bonds is 14. The number of allylic oxidation sites excluding steroid dienone is 2. The Morgan fingerprint density at radius 3 is 1.84 bits per heavy atom. The minimum Gasteiger partial charge on any atom is -0.385 e. The minimum absolute atomic E-state index is 0.237. The maximum atomic E-state index is 12.0. The first kappa shape index (κ1) is 22.4. The van der Waals surface area contributed by atoms with E-state index in [0.29, 0.717) is 5.78 Å². The molecule has 0 aliphatic heterocycles. The van der Waals surface area contributed by atoms with Gasteiger partial charge >= 0.3 is 0 Å². The van der Waals surface area contributed by atoms with Crippen LogP contribution in [0, 0.1) is 5.41 Å². The van der Waals surface area contributed by atoms with Crippen LogP contribution in [0.25, 0.3) is 0 Å². The molecule has 2 heteroatoms. The van der Waals surface area contributed by atoms with Crippen molar-refractivity contribution in [2.24, 2.45) is 5.41 Å². The molecule has 0 fully saturated rings. The number of hydrogen-bond donors (Lipinski definition) is 0. The number of carbonyl (C=O) groups excluding carboxylic acids is 1. The molecule has 2 nitrogen and oxygen atoms in total. The zero-order chi connectivity index (χ0) is 18.5. The van der Waals surface area contributed by atoms with Crippen LogP contribution in [-0.4, -0.2) is 19.5 Å². The summed E-state index contributed by atoms with van der Waals surface area (Å²) in [6.07, 6.45) is 17.7. The van der Waals surface area contributed by atoms with Crippen molar-refractivity contribution in [3.8, 4) is 0 Å². The fourth-order valence-corrected chi connectivity index (χ4v) is 4.11. The maximum absolute atomic E-state index is 12.0. The molecule has 1 rings (SSSR count). The lowest BCUT2D eigenvalue weighted by atomic mass is 9.70. The van der Waals surface area contributed by atoms with Crippen molar-refractivity contribution in [2.45, 2.75) is 111 Å². The van der Waals surface area contributed by atoms with Gasteiger partial charge in [0, 0.05) is 20.1 Å². The molecule has 146 valence electrons. The van der Waals surface area contributed by atoms with Crippen molar-refractivity contribution >= 4 is 5.78 Å². The summed E-state index contributed by atoms with van der Waals surface area (Å²) in [6, 6.07) is 0. The van der Waals surface area contributed by atoms with Crippen LogP contribution in [0.1, 0.15) is 111 Å². The van der Waals surface area contributed by atoms with Crippen molar-refractivity contribution in [1.82, 2.24) is 0 Å². The second-order valence-electron chi connectivity index (χ2n) is 8.54. The quantitative estimate of drug-likeness (QED) is 0.315. The molecule has 0 bridgehead atoms. The molecular weight excluding hydrogens is 308 g/mol. The highest BCUT2D eigenvalue weighted by Gasteiger charge is 2.31. The van der Waals surface area contributed by atoms with E-state index in [1.807, 2.05) is 6.92 Å². The van der Waals surface area contributed by atoms with Gasteiger partial charge in [0.25, 0.3) is 0 Å². The summed E-state index contributed by atoms with van der Waals surface area (Å²) in [5, 5.41) is 0. The number of Topliss-reactive ketones (excluding diaryl/α,β-unsaturated/α-hetero) is 1. The summed E-state index contributed by atoms with van der Waals surface area (Å²) in [6.45, 7) is 7.59. The zero-order valence-electron chi connectivity index (χ0n) is 17.4. The average Bonchev–Trinajstić information content (AvgIpc) is 2.58. The van der Waals surface area contributed by atoms with Crippen molar-refractivity contribution in [2.75, 3.05) is 13.7 Å². The van der Waals surface area contributed by atoms with E-state index in [9.17, 15) is 4.79 Å². The van der Waals surface area contributed by atoms with E-state index < -0.39 is 0 Å². The molecule has 0 aromatic rings. The molecule has 25 heavy (non-hydrogen) atoms. The smallest absolute Gasteiger partial charge is 0.158 e. The Labute approximate surface area is 156 Å². The van der Waals surface area contributed by atoms with Crippen LogP contribution >= 0.6 is 0 Å². The molecule has 0 spiro atoms. The number of ketones is 1. The molecule has 0 aromatic heterocycles. The molecule has 0 saturated heterocycles. The molecule has 0 saturated carbocycles.